The van der Waals surface area contributed by atoms with E-state index in [-0.39, 0.29) is 11.2 Å². The maximum Gasteiger partial charge on any atom is 0.319 e. The molecular formula is C11H13NO3S. The van der Waals surface area contributed by atoms with E-state index >= 15 is 0 Å². The van der Waals surface area contributed by atoms with Gasteiger partial charge in [0, 0.05) is 18.2 Å². The van der Waals surface area contributed by atoms with E-state index < -0.39 is 0 Å². The smallest absolute Gasteiger partial charge is 0.319 e. The minimum absolute atomic E-state index is 0.127. The van der Waals surface area contributed by atoms with Crippen LogP contribution in [0.5, 0.6) is 5.75 Å². The van der Waals surface area contributed by atoms with Gasteiger partial charge in [0.15, 0.2) is 0 Å². The standard InChI is InChI=1S/C11H13NO3S/c1-14-8-6-7(12)2-3-9(8)16-10-4-5-15-11(10)13/h2-3,6,10H,4-5,12H2,1H3. The topological polar surface area (TPSA) is 61.6 Å². The minimum atomic E-state index is -0.149. The molecule has 1 heterocycles. The van der Waals surface area contributed by atoms with Crippen molar-refractivity contribution in [3.05, 3.63) is 18.2 Å². The van der Waals surface area contributed by atoms with Crippen molar-refractivity contribution in [2.75, 3.05) is 19.5 Å². The van der Waals surface area contributed by atoms with Crippen molar-refractivity contribution in [3.8, 4) is 5.75 Å². The predicted octanol–water partition coefficient (Wildman–Crippen LogP) is 1.69. The number of benzene rings is 1. The van der Waals surface area contributed by atoms with Gasteiger partial charge in [-0.05, 0) is 12.1 Å². The Bertz CT molecular complexity index is 408. The molecule has 2 rings (SSSR count). The van der Waals surface area contributed by atoms with E-state index in [1.807, 2.05) is 6.07 Å². The highest BCUT2D eigenvalue weighted by atomic mass is 32.2. The van der Waals surface area contributed by atoms with E-state index in [4.69, 9.17) is 15.2 Å². The number of cyclic esters (lactones) is 1. The van der Waals surface area contributed by atoms with Crippen LogP contribution in [0.25, 0.3) is 0 Å². The monoisotopic (exact) mass is 239 g/mol. The number of anilines is 1. The van der Waals surface area contributed by atoms with Crippen LogP contribution >= 0.6 is 11.8 Å². The number of esters is 1. The van der Waals surface area contributed by atoms with Crippen LogP contribution < -0.4 is 10.5 Å². The van der Waals surface area contributed by atoms with Crippen LogP contribution in [0.4, 0.5) is 5.69 Å². The molecule has 2 N–H and O–H groups in total. The molecular weight excluding hydrogens is 226 g/mol. The Morgan fingerprint density at radius 2 is 2.38 bits per heavy atom. The first-order chi connectivity index (χ1) is 7.70. The third-order valence-electron chi connectivity index (χ3n) is 2.34. The van der Waals surface area contributed by atoms with Gasteiger partial charge >= 0.3 is 5.97 Å². The zero-order chi connectivity index (χ0) is 11.5. The lowest BCUT2D eigenvalue weighted by Crippen LogP contribution is -2.09. The largest absolute Gasteiger partial charge is 0.496 e. The normalized spacial score (nSPS) is 19.6. The molecule has 1 saturated heterocycles. The first-order valence-electron chi connectivity index (χ1n) is 4.97. The highest BCUT2D eigenvalue weighted by molar-refractivity contribution is 8.00. The number of thioether (sulfide) groups is 1. The summed E-state index contributed by atoms with van der Waals surface area (Å²) in [6.07, 6.45) is 0.747. The molecule has 1 aliphatic rings. The van der Waals surface area contributed by atoms with Crippen LogP contribution in [0.1, 0.15) is 6.42 Å². The van der Waals surface area contributed by atoms with Gasteiger partial charge in [0.2, 0.25) is 0 Å². The van der Waals surface area contributed by atoms with Gasteiger partial charge in [-0.15, -0.1) is 11.8 Å². The Morgan fingerprint density at radius 3 is 3.00 bits per heavy atom. The minimum Gasteiger partial charge on any atom is -0.496 e. The number of hydrogen-bond acceptors (Lipinski definition) is 5. The fraction of sp³-hybridized carbons (Fsp3) is 0.364. The Kier molecular flexibility index (Phi) is 3.24. The summed E-state index contributed by atoms with van der Waals surface area (Å²) in [5, 5.41) is -0.127. The third-order valence-corrected chi connectivity index (χ3v) is 3.65. The SMILES string of the molecule is COc1cc(N)ccc1SC1CCOC1=O. The average Bonchev–Trinajstić information content (AvgIpc) is 2.67. The second-order valence-electron chi connectivity index (χ2n) is 3.47. The summed E-state index contributed by atoms with van der Waals surface area (Å²) in [5.74, 6) is 0.550. The van der Waals surface area contributed by atoms with Gasteiger partial charge in [0.05, 0.1) is 18.6 Å². The number of methoxy groups -OCH3 is 1. The molecule has 0 aliphatic carbocycles. The molecule has 5 heteroatoms. The van der Waals surface area contributed by atoms with E-state index in [1.54, 1.807) is 19.2 Å². The lowest BCUT2D eigenvalue weighted by atomic mass is 10.3. The summed E-state index contributed by atoms with van der Waals surface area (Å²) >= 11 is 1.46. The first kappa shape index (κ1) is 11.1. The Hall–Kier alpha value is -1.36. The Balaban J connectivity index is 2.17. The van der Waals surface area contributed by atoms with E-state index in [1.165, 1.54) is 11.8 Å². The summed E-state index contributed by atoms with van der Waals surface area (Å²) in [4.78, 5) is 12.3. The van der Waals surface area contributed by atoms with E-state index in [0.717, 1.165) is 11.3 Å². The molecule has 1 aromatic rings. The lowest BCUT2D eigenvalue weighted by molar-refractivity contribution is -0.137. The molecule has 0 bridgehead atoms. The average molecular weight is 239 g/mol. The zero-order valence-corrected chi connectivity index (χ0v) is 9.75. The third kappa shape index (κ3) is 2.24. The summed E-state index contributed by atoms with van der Waals surface area (Å²) < 4.78 is 10.1. The summed E-state index contributed by atoms with van der Waals surface area (Å²) in [6, 6.07) is 5.41. The molecule has 0 saturated carbocycles. The van der Waals surface area contributed by atoms with E-state index in [9.17, 15) is 4.79 Å². The molecule has 1 aromatic carbocycles. The molecule has 0 aromatic heterocycles. The second-order valence-corrected chi connectivity index (χ2v) is 4.72. The number of nitrogen functional groups attached to an aromatic ring is 1. The van der Waals surface area contributed by atoms with Crippen LogP contribution in [0.3, 0.4) is 0 Å². The second kappa shape index (κ2) is 4.65. The summed E-state index contributed by atoms with van der Waals surface area (Å²) in [5.41, 5.74) is 6.31. The van der Waals surface area contributed by atoms with Crippen molar-refractivity contribution in [3.63, 3.8) is 0 Å². The number of ether oxygens (including phenoxy) is 2. The highest BCUT2D eigenvalue weighted by Crippen LogP contribution is 2.36. The lowest BCUT2D eigenvalue weighted by Gasteiger charge is -2.10. The van der Waals surface area contributed by atoms with Crippen molar-refractivity contribution in [1.82, 2.24) is 0 Å². The maximum absolute atomic E-state index is 11.3. The molecule has 1 aliphatic heterocycles. The molecule has 1 unspecified atom stereocenters. The molecule has 0 amide bonds. The fourth-order valence-electron chi connectivity index (χ4n) is 1.52. The Morgan fingerprint density at radius 1 is 1.56 bits per heavy atom. The number of carbonyl (C=O) groups is 1. The summed E-state index contributed by atoms with van der Waals surface area (Å²) in [7, 11) is 1.59. The van der Waals surface area contributed by atoms with Crippen LogP contribution in [0.15, 0.2) is 23.1 Å². The van der Waals surface area contributed by atoms with Crippen LogP contribution in [-0.2, 0) is 9.53 Å². The van der Waals surface area contributed by atoms with Crippen molar-refractivity contribution in [1.29, 1.82) is 0 Å². The molecule has 0 radical (unpaired) electrons. The Labute approximate surface area is 98.1 Å². The van der Waals surface area contributed by atoms with Crippen LogP contribution in [0, 0.1) is 0 Å². The van der Waals surface area contributed by atoms with E-state index in [0.29, 0.717) is 18.0 Å². The van der Waals surface area contributed by atoms with Gasteiger partial charge in [-0.1, -0.05) is 0 Å². The van der Waals surface area contributed by atoms with Crippen LogP contribution in [-0.4, -0.2) is 24.9 Å². The van der Waals surface area contributed by atoms with Gasteiger partial charge in [-0.3, -0.25) is 4.79 Å². The fourth-order valence-corrected chi connectivity index (χ4v) is 2.61. The number of rotatable bonds is 3. The van der Waals surface area contributed by atoms with Crippen molar-refractivity contribution < 1.29 is 14.3 Å². The molecule has 86 valence electrons. The van der Waals surface area contributed by atoms with Gasteiger partial charge in [-0.2, -0.15) is 0 Å². The van der Waals surface area contributed by atoms with E-state index in [2.05, 4.69) is 0 Å². The van der Waals surface area contributed by atoms with Crippen molar-refractivity contribution in [2.24, 2.45) is 0 Å². The van der Waals surface area contributed by atoms with Crippen molar-refractivity contribution in [2.45, 2.75) is 16.6 Å². The number of hydrogen-bond donors (Lipinski definition) is 1. The van der Waals surface area contributed by atoms with Gasteiger partial charge < -0.3 is 15.2 Å². The molecule has 1 atom stereocenters. The molecule has 16 heavy (non-hydrogen) atoms. The van der Waals surface area contributed by atoms with Gasteiger partial charge in [-0.25, -0.2) is 0 Å². The molecule has 0 spiro atoms. The van der Waals surface area contributed by atoms with Crippen LogP contribution in [0.2, 0.25) is 0 Å². The number of nitrogens with two attached hydrogens (primary N) is 1. The molecule has 4 nitrogen and oxygen atoms in total. The first-order valence-corrected chi connectivity index (χ1v) is 5.85. The van der Waals surface area contributed by atoms with Crippen molar-refractivity contribution >= 4 is 23.4 Å². The van der Waals surface area contributed by atoms with Gasteiger partial charge in [0.1, 0.15) is 11.0 Å². The predicted molar refractivity (Wildman–Crippen MR) is 62.6 cm³/mol. The zero-order valence-electron chi connectivity index (χ0n) is 8.93. The summed E-state index contributed by atoms with van der Waals surface area (Å²) in [6.45, 7) is 0.508. The quantitative estimate of drug-likeness (QED) is 0.642. The maximum atomic E-state index is 11.3. The molecule has 1 fully saturated rings. The highest BCUT2D eigenvalue weighted by Gasteiger charge is 2.28. The number of carbonyl (C=O) groups excluding carboxylic acids is 1. The van der Waals surface area contributed by atoms with Gasteiger partial charge in [0.25, 0.3) is 0 Å².